The third-order valence-corrected chi connectivity index (χ3v) is 4.10. The average molecular weight is 338 g/mol. The molecule has 1 amide bonds. The summed E-state index contributed by atoms with van der Waals surface area (Å²) in [4.78, 5) is 15.8. The van der Waals surface area contributed by atoms with Gasteiger partial charge in [0.2, 0.25) is 0 Å². The second-order valence-electron chi connectivity index (χ2n) is 5.23. The van der Waals surface area contributed by atoms with Crippen molar-refractivity contribution >= 4 is 22.0 Å². The summed E-state index contributed by atoms with van der Waals surface area (Å²) in [6.07, 6.45) is 2.91. The van der Waals surface area contributed by atoms with Crippen molar-refractivity contribution in [1.82, 2.24) is 4.90 Å². The van der Waals surface area contributed by atoms with E-state index in [1.807, 2.05) is 35.3 Å². The summed E-state index contributed by atoms with van der Waals surface area (Å²) in [6.45, 7) is 4.08. The quantitative estimate of drug-likeness (QED) is 0.827. The van der Waals surface area contributed by atoms with E-state index < -0.39 is 0 Å². The van der Waals surface area contributed by atoms with Crippen LogP contribution in [0.1, 0.15) is 18.9 Å². The van der Waals surface area contributed by atoms with Crippen LogP contribution in [0.25, 0.3) is 0 Å². The number of amides is 1. The Kier molecular flexibility index (Phi) is 5.65. The van der Waals surface area contributed by atoms with Crippen LogP contribution >= 0.6 is 15.9 Å². The molecular weight excluding hydrogens is 318 g/mol. The zero-order valence-corrected chi connectivity index (χ0v) is 13.3. The van der Waals surface area contributed by atoms with Gasteiger partial charge in [-0.25, -0.2) is 4.79 Å². The van der Waals surface area contributed by atoms with Crippen molar-refractivity contribution in [3.8, 4) is 0 Å². The summed E-state index contributed by atoms with van der Waals surface area (Å²) in [7, 11) is 0. The first-order chi connectivity index (χ1) is 9.70. The third-order valence-electron chi connectivity index (χ3n) is 3.80. The molecule has 1 aliphatic rings. The molecule has 2 unspecified atom stereocenters. The topological polar surface area (TPSA) is 29.5 Å². The Morgan fingerprint density at radius 1 is 1.45 bits per heavy atom. The SMILES string of the molecule is CC1CCN(C(=O)OCc2ccccc2)CC1C=CBr. The Hall–Kier alpha value is -1.29. The fourth-order valence-electron chi connectivity index (χ4n) is 2.42. The van der Waals surface area contributed by atoms with Gasteiger partial charge in [0.25, 0.3) is 0 Å². The summed E-state index contributed by atoms with van der Waals surface area (Å²) in [5.74, 6) is 0.995. The molecule has 2 rings (SSSR count). The minimum Gasteiger partial charge on any atom is -0.445 e. The molecule has 1 heterocycles. The lowest BCUT2D eigenvalue weighted by Gasteiger charge is -2.34. The van der Waals surface area contributed by atoms with E-state index in [4.69, 9.17) is 4.74 Å². The number of carbonyl (C=O) groups is 1. The number of piperidine rings is 1. The monoisotopic (exact) mass is 337 g/mol. The molecule has 0 aliphatic carbocycles. The summed E-state index contributed by atoms with van der Waals surface area (Å²) >= 11 is 3.32. The molecule has 20 heavy (non-hydrogen) atoms. The van der Waals surface area contributed by atoms with Gasteiger partial charge in [-0.3, -0.25) is 0 Å². The average Bonchev–Trinajstić information content (AvgIpc) is 2.48. The van der Waals surface area contributed by atoms with Gasteiger partial charge in [0.05, 0.1) is 0 Å². The van der Waals surface area contributed by atoms with Gasteiger partial charge in [-0.15, -0.1) is 0 Å². The third kappa shape index (κ3) is 4.10. The van der Waals surface area contributed by atoms with Crippen LogP contribution in [0.3, 0.4) is 0 Å². The van der Waals surface area contributed by atoms with Gasteiger partial charge in [-0.1, -0.05) is 59.3 Å². The Labute approximate surface area is 128 Å². The van der Waals surface area contributed by atoms with Crippen LogP contribution in [0.4, 0.5) is 4.79 Å². The zero-order valence-electron chi connectivity index (χ0n) is 11.7. The summed E-state index contributed by atoms with van der Waals surface area (Å²) < 4.78 is 5.38. The number of ether oxygens (including phenoxy) is 1. The molecule has 0 aromatic heterocycles. The Balaban J connectivity index is 1.86. The highest BCUT2D eigenvalue weighted by Crippen LogP contribution is 2.25. The van der Waals surface area contributed by atoms with E-state index in [9.17, 15) is 4.79 Å². The molecule has 1 aliphatic heterocycles. The van der Waals surface area contributed by atoms with Crippen LogP contribution in [0, 0.1) is 11.8 Å². The summed E-state index contributed by atoms with van der Waals surface area (Å²) in [5.41, 5.74) is 1.02. The lowest BCUT2D eigenvalue weighted by Crippen LogP contribution is -2.42. The van der Waals surface area contributed by atoms with Crippen LogP contribution < -0.4 is 0 Å². The maximum atomic E-state index is 12.1. The van der Waals surface area contributed by atoms with E-state index in [0.29, 0.717) is 18.4 Å². The highest BCUT2D eigenvalue weighted by molar-refractivity contribution is 9.11. The van der Waals surface area contributed by atoms with E-state index >= 15 is 0 Å². The Morgan fingerprint density at radius 2 is 2.20 bits per heavy atom. The fourth-order valence-corrected chi connectivity index (χ4v) is 2.81. The molecule has 108 valence electrons. The summed E-state index contributed by atoms with van der Waals surface area (Å²) in [6, 6.07) is 9.77. The number of benzene rings is 1. The van der Waals surface area contributed by atoms with Crippen molar-refractivity contribution in [3.05, 3.63) is 47.0 Å². The first kappa shape index (κ1) is 15.1. The van der Waals surface area contributed by atoms with Crippen LogP contribution in [0.5, 0.6) is 0 Å². The van der Waals surface area contributed by atoms with Crippen molar-refractivity contribution < 1.29 is 9.53 Å². The van der Waals surface area contributed by atoms with Crippen LogP contribution in [0.15, 0.2) is 41.4 Å². The van der Waals surface area contributed by atoms with E-state index in [1.54, 1.807) is 4.90 Å². The number of likely N-dealkylation sites (tertiary alicyclic amines) is 1. The maximum Gasteiger partial charge on any atom is 0.410 e. The number of hydrogen-bond donors (Lipinski definition) is 0. The molecule has 0 saturated carbocycles. The van der Waals surface area contributed by atoms with E-state index in [-0.39, 0.29) is 6.09 Å². The van der Waals surface area contributed by atoms with Crippen molar-refractivity contribution in [2.75, 3.05) is 13.1 Å². The van der Waals surface area contributed by atoms with Crippen molar-refractivity contribution in [1.29, 1.82) is 0 Å². The molecule has 0 bridgehead atoms. The fraction of sp³-hybridized carbons (Fsp3) is 0.438. The largest absolute Gasteiger partial charge is 0.445 e. The predicted octanol–water partition coefficient (Wildman–Crippen LogP) is 4.19. The highest BCUT2D eigenvalue weighted by atomic mass is 79.9. The van der Waals surface area contributed by atoms with Gasteiger partial charge < -0.3 is 9.64 Å². The predicted molar refractivity (Wildman–Crippen MR) is 83.5 cm³/mol. The van der Waals surface area contributed by atoms with Crippen molar-refractivity contribution in [3.63, 3.8) is 0 Å². The number of halogens is 1. The molecule has 1 aromatic carbocycles. The number of nitrogens with zero attached hydrogens (tertiary/aromatic N) is 1. The van der Waals surface area contributed by atoms with E-state index in [0.717, 1.165) is 25.1 Å². The van der Waals surface area contributed by atoms with Crippen molar-refractivity contribution in [2.24, 2.45) is 11.8 Å². The molecule has 0 radical (unpaired) electrons. The van der Waals surface area contributed by atoms with Crippen molar-refractivity contribution in [2.45, 2.75) is 20.0 Å². The smallest absolute Gasteiger partial charge is 0.410 e. The van der Waals surface area contributed by atoms with E-state index in [1.165, 1.54) is 0 Å². The van der Waals surface area contributed by atoms with Gasteiger partial charge in [0, 0.05) is 13.1 Å². The number of rotatable bonds is 3. The van der Waals surface area contributed by atoms with Gasteiger partial charge in [-0.2, -0.15) is 0 Å². The molecule has 3 nitrogen and oxygen atoms in total. The Bertz CT molecular complexity index is 461. The summed E-state index contributed by atoms with van der Waals surface area (Å²) in [5, 5.41) is 0. The molecule has 1 saturated heterocycles. The second kappa shape index (κ2) is 7.48. The van der Waals surface area contributed by atoms with Crippen LogP contribution in [-0.2, 0) is 11.3 Å². The maximum absolute atomic E-state index is 12.1. The standard InChI is InChI=1S/C16H20BrNO2/c1-13-8-10-18(11-15(13)7-9-17)16(19)20-12-14-5-3-2-4-6-14/h2-7,9,13,15H,8,10-12H2,1H3. The van der Waals surface area contributed by atoms with Crippen LogP contribution in [0.2, 0.25) is 0 Å². The van der Waals surface area contributed by atoms with Gasteiger partial charge in [0.15, 0.2) is 0 Å². The second-order valence-corrected chi connectivity index (χ2v) is 5.76. The molecule has 1 aromatic rings. The van der Waals surface area contributed by atoms with Gasteiger partial charge in [-0.05, 0) is 28.8 Å². The normalized spacial score (nSPS) is 23.0. The molecule has 1 fully saturated rings. The van der Waals surface area contributed by atoms with Gasteiger partial charge in [0.1, 0.15) is 6.61 Å². The van der Waals surface area contributed by atoms with Gasteiger partial charge >= 0.3 is 6.09 Å². The minimum absolute atomic E-state index is 0.214. The lowest BCUT2D eigenvalue weighted by atomic mass is 9.87. The highest BCUT2D eigenvalue weighted by Gasteiger charge is 2.27. The zero-order chi connectivity index (χ0) is 14.4. The van der Waals surface area contributed by atoms with E-state index in [2.05, 4.69) is 28.9 Å². The lowest BCUT2D eigenvalue weighted by molar-refractivity contribution is 0.0745. The van der Waals surface area contributed by atoms with Crippen LogP contribution in [-0.4, -0.2) is 24.1 Å². The molecule has 0 N–H and O–H groups in total. The minimum atomic E-state index is -0.214. The number of hydrogen-bond acceptors (Lipinski definition) is 2. The first-order valence-corrected chi connectivity index (χ1v) is 7.84. The molecule has 0 spiro atoms. The first-order valence-electron chi connectivity index (χ1n) is 6.93. The number of carbonyl (C=O) groups excluding carboxylic acids is 1. The molecule has 2 atom stereocenters. The molecular formula is C16H20BrNO2. The molecule has 4 heteroatoms. The Morgan fingerprint density at radius 3 is 2.90 bits per heavy atom.